The Kier molecular flexibility index (Phi) is 6.55. The Labute approximate surface area is 205 Å². The molecular formula is C27H29N5O3. The summed E-state index contributed by atoms with van der Waals surface area (Å²) in [5.74, 6) is 0.314. The summed E-state index contributed by atoms with van der Waals surface area (Å²) < 4.78 is 11.3. The maximum Gasteiger partial charge on any atom is 0.255 e. The number of ether oxygens (including phenoxy) is 2. The van der Waals surface area contributed by atoms with Crippen molar-refractivity contribution in [2.75, 3.05) is 25.1 Å². The number of hydrogen-bond acceptors (Lipinski definition) is 7. The number of carbonyl (C=O) groups excluding carboxylic acids is 1. The molecule has 0 saturated carbocycles. The molecule has 180 valence electrons. The smallest absolute Gasteiger partial charge is 0.255 e. The van der Waals surface area contributed by atoms with Crippen LogP contribution in [0.5, 0.6) is 5.88 Å². The number of aromatic nitrogens is 3. The summed E-state index contributed by atoms with van der Waals surface area (Å²) in [7, 11) is 0. The van der Waals surface area contributed by atoms with Crippen molar-refractivity contribution in [2.24, 2.45) is 0 Å². The van der Waals surface area contributed by atoms with Crippen LogP contribution in [0, 0.1) is 18.3 Å². The number of nitrogens with one attached hydrogen (secondary N) is 1. The van der Waals surface area contributed by atoms with Gasteiger partial charge in [0, 0.05) is 45.8 Å². The molecule has 4 heterocycles. The van der Waals surface area contributed by atoms with E-state index in [9.17, 15) is 10.1 Å². The van der Waals surface area contributed by atoms with Crippen LogP contribution in [0.15, 0.2) is 42.9 Å². The zero-order chi connectivity index (χ0) is 25.2. The lowest BCUT2D eigenvalue weighted by atomic mass is 9.80. The van der Waals surface area contributed by atoms with Gasteiger partial charge in [0.1, 0.15) is 0 Å². The highest BCUT2D eigenvalue weighted by atomic mass is 16.5. The third-order valence-electron chi connectivity index (χ3n) is 6.22. The maximum atomic E-state index is 13.0. The molecule has 0 aliphatic carbocycles. The van der Waals surface area contributed by atoms with E-state index in [-0.39, 0.29) is 11.3 Å². The second-order valence-corrected chi connectivity index (χ2v) is 9.54. The molecule has 1 amide bonds. The predicted octanol–water partition coefficient (Wildman–Crippen LogP) is 4.59. The van der Waals surface area contributed by atoms with Gasteiger partial charge in [0.2, 0.25) is 5.88 Å². The summed E-state index contributed by atoms with van der Waals surface area (Å²) in [6.45, 7) is 11.3. The number of nitriles is 1. The third-order valence-corrected chi connectivity index (χ3v) is 6.22. The van der Waals surface area contributed by atoms with Crippen LogP contribution in [0.4, 0.5) is 5.69 Å². The average molecular weight is 472 g/mol. The molecule has 0 radical (unpaired) electrons. The monoisotopic (exact) mass is 471 g/mol. The zero-order valence-corrected chi connectivity index (χ0v) is 20.7. The summed E-state index contributed by atoms with van der Waals surface area (Å²) >= 11 is 0. The van der Waals surface area contributed by atoms with Crippen LogP contribution < -0.4 is 10.1 Å². The highest BCUT2D eigenvalue weighted by Crippen LogP contribution is 2.39. The minimum atomic E-state index is -0.796. The molecule has 0 atom stereocenters. The van der Waals surface area contributed by atoms with Gasteiger partial charge in [-0.1, -0.05) is 6.92 Å². The number of aryl methyl sites for hydroxylation is 1. The lowest BCUT2D eigenvalue weighted by Gasteiger charge is -2.39. The van der Waals surface area contributed by atoms with Crippen molar-refractivity contribution in [3.8, 4) is 23.1 Å². The van der Waals surface area contributed by atoms with Crippen LogP contribution in [-0.4, -0.2) is 40.7 Å². The van der Waals surface area contributed by atoms with Gasteiger partial charge < -0.3 is 14.8 Å². The Morgan fingerprint density at radius 1 is 1.23 bits per heavy atom. The fraction of sp³-hybridized carbons (Fsp3) is 0.370. The normalized spacial score (nSPS) is 14.5. The molecule has 1 N–H and O–H groups in total. The summed E-state index contributed by atoms with van der Waals surface area (Å²) in [5.41, 5.74) is 4.14. The summed E-state index contributed by atoms with van der Waals surface area (Å²) in [6, 6.07) is 9.45. The largest absolute Gasteiger partial charge is 0.478 e. The molecule has 4 rings (SSSR count). The predicted molar refractivity (Wildman–Crippen MR) is 132 cm³/mol. The summed E-state index contributed by atoms with van der Waals surface area (Å²) in [5, 5.41) is 12.3. The summed E-state index contributed by atoms with van der Waals surface area (Å²) in [4.78, 5) is 26.3. The van der Waals surface area contributed by atoms with Gasteiger partial charge >= 0.3 is 0 Å². The molecule has 1 saturated heterocycles. The van der Waals surface area contributed by atoms with Crippen molar-refractivity contribution in [2.45, 2.75) is 45.4 Å². The molecule has 3 aromatic rings. The number of nitrogens with zero attached hydrogens (tertiary/aromatic N) is 4. The topological polar surface area (TPSA) is 110 Å². The van der Waals surface area contributed by atoms with E-state index in [2.05, 4.69) is 39.3 Å². The number of rotatable bonds is 7. The van der Waals surface area contributed by atoms with E-state index < -0.39 is 5.41 Å². The van der Waals surface area contributed by atoms with Crippen LogP contribution in [0.1, 0.15) is 55.0 Å². The van der Waals surface area contributed by atoms with E-state index in [0.717, 1.165) is 22.4 Å². The molecule has 35 heavy (non-hydrogen) atoms. The molecule has 3 aromatic heterocycles. The van der Waals surface area contributed by atoms with Crippen LogP contribution >= 0.6 is 0 Å². The standard InChI is InChI=1S/C27H29N5O3/c1-6-35-25-22(27(5)15-34-16-27)9-19(12-31-25)21-11-20(13-30-17(21)2)32-24(33)18-7-8-29-23(10-18)26(3,4)14-28/h7-13H,6,15-16H2,1-5H3,(H,32,33). The van der Waals surface area contributed by atoms with E-state index in [4.69, 9.17) is 9.47 Å². The van der Waals surface area contributed by atoms with E-state index >= 15 is 0 Å². The van der Waals surface area contributed by atoms with Crippen molar-refractivity contribution in [3.05, 3.63) is 65.4 Å². The highest BCUT2D eigenvalue weighted by molar-refractivity contribution is 6.04. The van der Waals surface area contributed by atoms with Gasteiger partial charge in [-0.2, -0.15) is 5.26 Å². The second kappa shape index (κ2) is 9.43. The Hall–Kier alpha value is -3.83. The Morgan fingerprint density at radius 3 is 2.66 bits per heavy atom. The molecule has 8 heteroatoms. The first-order valence-corrected chi connectivity index (χ1v) is 11.5. The molecule has 1 fully saturated rings. The number of hydrogen-bond donors (Lipinski definition) is 1. The lowest BCUT2D eigenvalue weighted by Crippen LogP contribution is -2.44. The SMILES string of the molecule is CCOc1ncc(-c2cc(NC(=O)c3ccnc(C(C)(C)C#N)c3)cnc2C)cc1C1(C)COC1. The first-order valence-electron chi connectivity index (χ1n) is 11.5. The van der Waals surface area contributed by atoms with Crippen molar-refractivity contribution < 1.29 is 14.3 Å². The van der Waals surface area contributed by atoms with Gasteiger partial charge in [0.25, 0.3) is 5.91 Å². The van der Waals surface area contributed by atoms with Crippen molar-refractivity contribution in [3.63, 3.8) is 0 Å². The van der Waals surface area contributed by atoms with Crippen LogP contribution in [0.3, 0.4) is 0 Å². The second-order valence-electron chi connectivity index (χ2n) is 9.54. The average Bonchev–Trinajstić information content (AvgIpc) is 2.84. The minimum absolute atomic E-state index is 0.156. The van der Waals surface area contributed by atoms with Crippen molar-refractivity contribution in [1.82, 2.24) is 15.0 Å². The molecule has 0 unspecified atom stereocenters. The van der Waals surface area contributed by atoms with E-state index in [1.54, 1.807) is 44.6 Å². The Bertz CT molecular complexity index is 1310. The summed E-state index contributed by atoms with van der Waals surface area (Å²) in [6.07, 6.45) is 4.94. The quantitative estimate of drug-likeness (QED) is 0.537. The molecule has 1 aliphatic rings. The van der Waals surface area contributed by atoms with Crippen LogP contribution in [0.25, 0.3) is 11.1 Å². The zero-order valence-electron chi connectivity index (χ0n) is 20.7. The van der Waals surface area contributed by atoms with Gasteiger partial charge in [0.05, 0.1) is 48.9 Å². The van der Waals surface area contributed by atoms with Gasteiger partial charge in [0.15, 0.2) is 0 Å². The fourth-order valence-corrected chi connectivity index (χ4v) is 3.92. The number of pyridine rings is 3. The van der Waals surface area contributed by atoms with E-state index in [0.29, 0.717) is 42.6 Å². The van der Waals surface area contributed by atoms with E-state index in [1.165, 1.54) is 0 Å². The molecule has 0 bridgehead atoms. The van der Waals surface area contributed by atoms with Crippen LogP contribution in [0.2, 0.25) is 0 Å². The number of amides is 1. The van der Waals surface area contributed by atoms with Gasteiger partial charge in [-0.25, -0.2) is 4.98 Å². The Balaban J connectivity index is 1.64. The number of anilines is 1. The van der Waals surface area contributed by atoms with E-state index in [1.807, 2.05) is 19.9 Å². The van der Waals surface area contributed by atoms with Gasteiger partial charge in [-0.3, -0.25) is 14.8 Å². The fourth-order valence-electron chi connectivity index (χ4n) is 3.92. The molecule has 1 aliphatic heterocycles. The van der Waals surface area contributed by atoms with Gasteiger partial charge in [-0.05, 0) is 52.0 Å². The Morgan fingerprint density at radius 2 is 2.00 bits per heavy atom. The third kappa shape index (κ3) is 4.86. The highest BCUT2D eigenvalue weighted by Gasteiger charge is 2.38. The molecular weight excluding hydrogens is 442 g/mol. The maximum absolute atomic E-state index is 13.0. The lowest BCUT2D eigenvalue weighted by molar-refractivity contribution is -0.0513. The molecule has 8 nitrogen and oxygen atoms in total. The van der Waals surface area contributed by atoms with Crippen molar-refractivity contribution in [1.29, 1.82) is 5.26 Å². The first kappa shape index (κ1) is 24.3. The number of carbonyl (C=O) groups is 1. The van der Waals surface area contributed by atoms with Crippen molar-refractivity contribution >= 4 is 11.6 Å². The first-order chi connectivity index (χ1) is 16.7. The van der Waals surface area contributed by atoms with Crippen LogP contribution in [-0.2, 0) is 15.6 Å². The molecule has 0 aromatic carbocycles. The van der Waals surface area contributed by atoms with Gasteiger partial charge in [-0.15, -0.1) is 0 Å². The molecule has 0 spiro atoms. The minimum Gasteiger partial charge on any atom is -0.478 e.